The average molecular weight is 358 g/mol. The lowest BCUT2D eigenvalue weighted by Crippen LogP contribution is -2.46. The number of carbonyl (C=O) groups is 1. The second-order valence-corrected chi connectivity index (χ2v) is 7.78. The maximum absolute atomic E-state index is 13.1. The Morgan fingerprint density at radius 1 is 1.31 bits per heavy atom. The molecule has 0 aromatic heterocycles. The van der Waals surface area contributed by atoms with Gasteiger partial charge in [-0.25, -0.2) is 4.39 Å². The summed E-state index contributed by atoms with van der Waals surface area (Å²) in [7, 11) is 0. The first-order valence-corrected chi connectivity index (χ1v) is 9.37. The number of benzene rings is 1. The fourth-order valence-corrected chi connectivity index (χ4v) is 3.52. The Hall–Kier alpha value is -2.17. The number of halogens is 1. The van der Waals surface area contributed by atoms with E-state index in [1.165, 1.54) is 0 Å². The van der Waals surface area contributed by atoms with E-state index in [4.69, 9.17) is 4.84 Å². The summed E-state index contributed by atoms with van der Waals surface area (Å²) in [6.07, 6.45) is 3.89. The van der Waals surface area contributed by atoms with E-state index in [-0.39, 0.29) is 11.5 Å². The molecule has 26 heavy (non-hydrogen) atoms. The molecule has 0 aliphatic carbocycles. The molecular formula is C21H27FN2O2. The zero-order chi connectivity index (χ0) is 18.7. The van der Waals surface area contributed by atoms with Crippen molar-refractivity contribution in [3.8, 4) is 0 Å². The van der Waals surface area contributed by atoms with Crippen LogP contribution >= 0.6 is 0 Å². The number of hydrogen-bond donors (Lipinski definition) is 0. The molecule has 1 spiro atoms. The quantitative estimate of drug-likeness (QED) is 0.775. The van der Waals surface area contributed by atoms with Crippen molar-refractivity contribution in [2.24, 2.45) is 11.1 Å². The minimum Gasteiger partial charge on any atom is -0.388 e. The number of piperidine rings is 1. The van der Waals surface area contributed by atoms with Gasteiger partial charge in [0.15, 0.2) is 0 Å². The molecule has 2 aliphatic rings. The van der Waals surface area contributed by atoms with E-state index in [9.17, 15) is 9.18 Å². The van der Waals surface area contributed by atoms with Crippen LogP contribution in [0.1, 0.15) is 57.1 Å². The Labute approximate surface area is 154 Å². The van der Waals surface area contributed by atoms with Crippen molar-refractivity contribution in [2.75, 3.05) is 13.1 Å². The van der Waals surface area contributed by atoms with E-state index in [0.29, 0.717) is 17.9 Å². The summed E-state index contributed by atoms with van der Waals surface area (Å²) in [4.78, 5) is 20.1. The lowest BCUT2D eigenvalue weighted by atomic mass is 9.85. The summed E-state index contributed by atoms with van der Waals surface area (Å²) < 4.78 is 13.1. The van der Waals surface area contributed by atoms with Crippen molar-refractivity contribution < 1.29 is 14.0 Å². The van der Waals surface area contributed by atoms with Crippen LogP contribution < -0.4 is 0 Å². The molecule has 0 radical (unpaired) electrons. The first-order valence-electron chi connectivity index (χ1n) is 9.37. The van der Waals surface area contributed by atoms with Gasteiger partial charge in [0, 0.05) is 44.3 Å². The van der Waals surface area contributed by atoms with Crippen LogP contribution in [0.4, 0.5) is 4.39 Å². The molecule has 0 bridgehead atoms. The number of nitrogens with zero attached hydrogens (tertiary/aromatic N) is 2. The molecule has 0 saturated carbocycles. The van der Waals surface area contributed by atoms with E-state index in [2.05, 4.69) is 25.6 Å². The minimum atomic E-state index is -0.438. The Bertz CT molecular complexity index is 701. The Morgan fingerprint density at radius 2 is 1.96 bits per heavy atom. The summed E-state index contributed by atoms with van der Waals surface area (Å²) in [6.45, 7) is 9.03. The van der Waals surface area contributed by atoms with E-state index in [0.717, 1.165) is 50.0 Å². The molecule has 0 atom stereocenters. The van der Waals surface area contributed by atoms with Crippen LogP contribution in [-0.4, -0.2) is 35.2 Å². The third-order valence-electron chi connectivity index (χ3n) is 5.33. The van der Waals surface area contributed by atoms with Crippen molar-refractivity contribution >= 4 is 17.4 Å². The molecule has 2 aliphatic heterocycles. The second-order valence-electron chi connectivity index (χ2n) is 7.78. The van der Waals surface area contributed by atoms with Gasteiger partial charge in [0.1, 0.15) is 11.4 Å². The molecule has 5 heteroatoms. The first-order chi connectivity index (χ1) is 12.4. The highest BCUT2D eigenvalue weighted by molar-refractivity contribution is 6.01. The minimum absolute atomic E-state index is 0.245. The zero-order valence-corrected chi connectivity index (χ0v) is 15.6. The number of likely N-dealkylation sites (tertiary alicyclic amines) is 1. The van der Waals surface area contributed by atoms with Gasteiger partial charge < -0.3 is 9.74 Å². The van der Waals surface area contributed by atoms with Gasteiger partial charge in [-0.05, 0) is 17.9 Å². The SMILES string of the molecule is C=C(F)c1ccc(C2=NOC3(CCN(C(=O)CCC(C)C)CC3)C2)cc1. The lowest BCUT2D eigenvalue weighted by molar-refractivity contribution is -0.137. The second kappa shape index (κ2) is 7.60. The van der Waals surface area contributed by atoms with Crippen molar-refractivity contribution in [3.05, 3.63) is 42.0 Å². The maximum atomic E-state index is 13.1. The normalized spacial score (nSPS) is 18.8. The Balaban J connectivity index is 1.55. The average Bonchev–Trinajstić information content (AvgIpc) is 3.04. The van der Waals surface area contributed by atoms with E-state index >= 15 is 0 Å². The molecule has 1 amide bonds. The number of hydrogen-bond acceptors (Lipinski definition) is 3. The van der Waals surface area contributed by atoms with Gasteiger partial charge in [-0.1, -0.05) is 49.8 Å². The molecule has 4 nitrogen and oxygen atoms in total. The summed E-state index contributed by atoms with van der Waals surface area (Å²) in [5, 5.41) is 4.28. The maximum Gasteiger partial charge on any atom is 0.222 e. The predicted molar refractivity (Wildman–Crippen MR) is 101 cm³/mol. The van der Waals surface area contributed by atoms with Crippen molar-refractivity contribution in [3.63, 3.8) is 0 Å². The highest BCUT2D eigenvalue weighted by Crippen LogP contribution is 2.36. The van der Waals surface area contributed by atoms with E-state index < -0.39 is 5.83 Å². The smallest absolute Gasteiger partial charge is 0.222 e. The van der Waals surface area contributed by atoms with Crippen LogP contribution in [0.15, 0.2) is 36.0 Å². The van der Waals surface area contributed by atoms with Gasteiger partial charge in [-0.15, -0.1) is 0 Å². The monoisotopic (exact) mass is 358 g/mol. The fraction of sp³-hybridized carbons (Fsp3) is 0.524. The molecule has 1 aromatic rings. The highest BCUT2D eigenvalue weighted by Gasteiger charge is 2.43. The predicted octanol–water partition coefficient (Wildman–Crippen LogP) is 4.55. The van der Waals surface area contributed by atoms with Crippen molar-refractivity contribution in [1.29, 1.82) is 0 Å². The van der Waals surface area contributed by atoms with Gasteiger partial charge in [-0.2, -0.15) is 0 Å². The standard InChI is InChI=1S/C21H27FN2O2/c1-15(2)4-9-20(25)24-12-10-21(11-13-24)14-19(23-26-21)18-7-5-17(6-8-18)16(3)22/h5-8,15H,3-4,9-14H2,1-2H3. The van der Waals surface area contributed by atoms with Gasteiger partial charge in [0.2, 0.25) is 5.91 Å². The summed E-state index contributed by atoms with van der Waals surface area (Å²) in [5.41, 5.74) is 2.02. The topological polar surface area (TPSA) is 41.9 Å². The molecule has 1 aromatic carbocycles. The molecule has 2 heterocycles. The van der Waals surface area contributed by atoms with Gasteiger partial charge in [0.25, 0.3) is 0 Å². The van der Waals surface area contributed by atoms with Gasteiger partial charge in [0.05, 0.1) is 5.71 Å². The molecule has 1 fully saturated rings. The summed E-state index contributed by atoms with van der Waals surface area (Å²) in [6, 6.07) is 7.13. The molecule has 1 saturated heterocycles. The third kappa shape index (κ3) is 4.14. The highest BCUT2D eigenvalue weighted by atomic mass is 19.1. The zero-order valence-electron chi connectivity index (χ0n) is 15.6. The van der Waals surface area contributed by atoms with E-state index in [1.54, 1.807) is 12.1 Å². The largest absolute Gasteiger partial charge is 0.388 e. The Kier molecular flexibility index (Phi) is 5.44. The van der Waals surface area contributed by atoms with Gasteiger partial charge in [-0.3, -0.25) is 4.79 Å². The number of rotatable bonds is 5. The first kappa shape index (κ1) is 18.6. The van der Waals surface area contributed by atoms with Crippen LogP contribution in [-0.2, 0) is 9.63 Å². The summed E-state index contributed by atoms with van der Waals surface area (Å²) in [5.74, 6) is 0.354. The molecule has 0 unspecified atom stereocenters. The summed E-state index contributed by atoms with van der Waals surface area (Å²) >= 11 is 0. The van der Waals surface area contributed by atoms with Gasteiger partial charge >= 0.3 is 0 Å². The van der Waals surface area contributed by atoms with Crippen LogP contribution in [0.5, 0.6) is 0 Å². The number of oxime groups is 1. The van der Waals surface area contributed by atoms with Crippen LogP contribution in [0.3, 0.4) is 0 Å². The van der Waals surface area contributed by atoms with E-state index in [1.807, 2.05) is 17.0 Å². The number of amides is 1. The van der Waals surface area contributed by atoms with Crippen LogP contribution in [0.25, 0.3) is 5.83 Å². The van der Waals surface area contributed by atoms with Crippen LogP contribution in [0, 0.1) is 5.92 Å². The van der Waals surface area contributed by atoms with Crippen molar-refractivity contribution in [2.45, 2.75) is 51.6 Å². The van der Waals surface area contributed by atoms with Crippen LogP contribution in [0.2, 0.25) is 0 Å². The number of carbonyl (C=O) groups excluding carboxylic acids is 1. The fourth-order valence-electron chi connectivity index (χ4n) is 3.52. The molecule has 0 N–H and O–H groups in total. The molecule has 140 valence electrons. The van der Waals surface area contributed by atoms with Crippen molar-refractivity contribution in [1.82, 2.24) is 4.90 Å². The Morgan fingerprint density at radius 3 is 2.54 bits per heavy atom. The lowest BCUT2D eigenvalue weighted by Gasteiger charge is -2.37. The molecular weight excluding hydrogens is 331 g/mol. The third-order valence-corrected chi connectivity index (χ3v) is 5.33. The molecule has 3 rings (SSSR count).